The van der Waals surface area contributed by atoms with Crippen molar-refractivity contribution in [3.63, 3.8) is 0 Å². The lowest BCUT2D eigenvalue weighted by molar-refractivity contribution is -0.140. The van der Waals surface area contributed by atoms with Crippen LogP contribution in [0.15, 0.2) is 47.4 Å². The summed E-state index contributed by atoms with van der Waals surface area (Å²) in [6.07, 6.45) is -0.00856. The third-order valence-corrected chi connectivity index (χ3v) is 5.54. The summed E-state index contributed by atoms with van der Waals surface area (Å²) in [6, 6.07) is 9.99. The highest BCUT2D eigenvalue weighted by Gasteiger charge is 2.46. The van der Waals surface area contributed by atoms with Gasteiger partial charge < -0.3 is 19.5 Å². The first kappa shape index (κ1) is 22.1. The zero-order valence-electron chi connectivity index (χ0n) is 17.6. The molecule has 1 aliphatic rings. The number of rotatable bonds is 8. The van der Waals surface area contributed by atoms with Crippen LogP contribution < -0.4 is 4.74 Å². The molecule has 160 valence electrons. The van der Waals surface area contributed by atoms with Crippen molar-refractivity contribution in [3.05, 3.63) is 57.8 Å². The molecule has 0 radical (unpaired) electrons. The average Bonchev–Trinajstić information content (AvgIpc) is 3.29. The lowest BCUT2D eigenvalue weighted by Crippen LogP contribution is -2.33. The molecule has 0 spiro atoms. The first-order valence-corrected chi connectivity index (χ1v) is 10.9. The molecule has 1 aliphatic heterocycles. The number of carbonyl (C=O) groups excluding carboxylic acids is 2. The Morgan fingerprint density at radius 2 is 1.90 bits per heavy atom. The molecule has 30 heavy (non-hydrogen) atoms. The van der Waals surface area contributed by atoms with Crippen molar-refractivity contribution in [1.82, 2.24) is 4.90 Å². The smallest absolute Gasteiger partial charge is 0.295 e. The monoisotopic (exact) mass is 429 g/mol. The molecule has 6 nitrogen and oxygen atoms in total. The normalized spacial score (nSPS) is 18.6. The van der Waals surface area contributed by atoms with Crippen LogP contribution in [0.5, 0.6) is 5.75 Å². The van der Waals surface area contributed by atoms with Gasteiger partial charge in [0.25, 0.3) is 11.7 Å². The molecule has 2 aromatic rings. The summed E-state index contributed by atoms with van der Waals surface area (Å²) in [6.45, 7) is 8.22. The number of benzene rings is 1. The van der Waals surface area contributed by atoms with E-state index in [0.717, 1.165) is 4.88 Å². The summed E-state index contributed by atoms with van der Waals surface area (Å²) in [7, 11) is 0. The lowest BCUT2D eigenvalue weighted by Gasteiger charge is -2.24. The van der Waals surface area contributed by atoms with Crippen LogP contribution in [0.1, 0.15) is 44.2 Å². The highest BCUT2D eigenvalue weighted by molar-refractivity contribution is 7.10. The van der Waals surface area contributed by atoms with Gasteiger partial charge >= 0.3 is 0 Å². The predicted octanol–water partition coefficient (Wildman–Crippen LogP) is 4.38. The Morgan fingerprint density at radius 1 is 1.13 bits per heavy atom. The van der Waals surface area contributed by atoms with Gasteiger partial charge in [0.2, 0.25) is 0 Å². The van der Waals surface area contributed by atoms with E-state index in [9.17, 15) is 14.7 Å². The minimum absolute atomic E-state index is 0.0192. The van der Waals surface area contributed by atoms with Gasteiger partial charge in [0.15, 0.2) is 0 Å². The Morgan fingerprint density at radius 3 is 2.53 bits per heavy atom. The maximum Gasteiger partial charge on any atom is 0.295 e. The third kappa shape index (κ3) is 4.74. The second kappa shape index (κ2) is 9.45. The van der Waals surface area contributed by atoms with Gasteiger partial charge in [0.05, 0.1) is 30.4 Å². The van der Waals surface area contributed by atoms with Gasteiger partial charge in [0, 0.05) is 17.0 Å². The average molecular weight is 430 g/mol. The van der Waals surface area contributed by atoms with Crippen molar-refractivity contribution in [3.8, 4) is 5.75 Å². The molecule has 1 atom stereocenters. The van der Waals surface area contributed by atoms with Crippen LogP contribution in [-0.4, -0.2) is 47.1 Å². The van der Waals surface area contributed by atoms with Crippen LogP contribution in [0.25, 0.3) is 5.76 Å². The summed E-state index contributed by atoms with van der Waals surface area (Å²) in [5.74, 6) is -0.933. The molecule has 0 bridgehead atoms. The minimum Gasteiger partial charge on any atom is -0.507 e. The number of nitrogens with zero attached hydrogens (tertiary/aromatic N) is 1. The number of ketones is 1. The zero-order chi connectivity index (χ0) is 21.8. The Bertz CT molecular complexity index is 933. The molecule has 3 rings (SSSR count). The first-order chi connectivity index (χ1) is 14.3. The number of amides is 1. The van der Waals surface area contributed by atoms with Gasteiger partial charge in [-0.2, -0.15) is 0 Å². The molecule has 1 aromatic heterocycles. The van der Waals surface area contributed by atoms with Crippen molar-refractivity contribution in [2.75, 3.05) is 13.2 Å². The van der Waals surface area contributed by atoms with Crippen LogP contribution in [0.4, 0.5) is 0 Å². The van der Waals surface area contributed by atoms with Gasteiger partial charge in [-0.15, -0.1) is 11.3 Å². The Labute approximate surface area is 180 Å². The van der Waals surface area contributed by atoms with E-state index < -0.39 is 17.7 Å². The van der Waals surface area contributed by atoms with E-state index in [1.807, 2.05) is 45.2 Å². The zero-order valence-corrected chi connectivity index (χ0v) is 18.4. The third-order valence-electron chi connectivity index (χ3n) is 4.62. The molecular weight excluding hydrogens is 402 g/mol. The van der Waals surface area contributed by atoms with E-state index in [0.29, 0.717) is 17.9 Å². The van der Waals surface area contributed by atoms with Crippen LogP contribution in [0, 0.1) is 0 Å². The fourth-order valence-electron chi connectivity index (χ4n) is 3.38. The number of hydrogen-bond donors (Lipinski definition) is 1. The second-order valence-corrected chi connectivity index (χ2v) is 8.60. The maximum absolute atomic E-state index is 12.9. The van der Waals surface area contributed by atoms with E-state index in [1.165, 1.54) is 16.2 Å². The quantitative estimate of drug-likeness (QED) is 0.383. The molecular formula is C23H27NO5S. The Hall–Kier alpha value is -2.64. The van der Waals surface area contributed by atoms with Crippen molar-refractivity contribution >= 4 is 28.8 Å². The van der Waals surface area contributed by atoms with E-state index in [2.05, 4.69) is 0 Å². The molecule has 7 heteroatoms. The predicted molar refractivity (Wildman–Crippen MR) is 117 cm³/mol. The molecule has 0 aliphatic carbocycles. The topological polar surface area (TPSA) is 76.1 Å². The number of aliphatic hydroxyl groups excluding tert-OH is 1. The number of hydrogen-bond acceptors (Lipinski definition) is 6. The van der Waals surface area contributed by atoms with E-state index in [4.69, 9.17) is 9.47 Å². The SMILES string of the molecule is CC(C)OCCN1C(=O)C(=O)/C(=C(\O)c2cccc(OC(C)C)c2)C1c1cccs1. The summed E-state index contributed by atoms with van der Waals surface area (Å²) in [5, 5.41) is 13.0. The molecule has 1 saturated heterocycles. The number of Topliss-reactive ketones (excluding diaryl/α,β-unsaturated/α-hetero) is 1. The van der Waals surface area contributed by atoms with E-state index >= 15 is 0 Å². The summed E-state index contributed by atoms with van der Waals surface area (Å²) >= 11 is 1.44. The van der Waals surface area contributed by atoms with Crippen LogP contribution >= 0.6 is 11.3 Å². The van der Waals surface area contributed by atoms with Gasteiger partial charge in [-0.05, 0) is 51.3 Å². The molecule has 2 heterocycles. The van der Waals surface area contributed by atoms with Gasteiger partial charge in [-0.3, -0.25) is 9.59 Å². The maximum atomic E-state index is 12.9. The molecule has 1 amide bonds. The number of aliphatic hydroxyl groups is 1. The van der Waals surface area contributed by atoms with Crippen molar-refractivity contribution < 1.29 is 24.2 Å². The lowest BCUT2D eigenvalue weighted by atomic mass is 9.99. The summed E-state index contributed by atoms with van der Waals surface area (Å²) in [4.78, 5) is 28.0. The molecule has 0 saturated carbocycles. The van der Waals surface area contributed by atoms with E-state index in [1.54, 1.807) is 24.3 Å². The first-order valence-electron chi connectivity index (χ1n) is 10.00. The fourth-order valence-corrected chi connectivity index (χ4v) is 4.23. The summed E-state index contributed by atoms with van der Waals surface area (Å²) < 4.78 is 11.3. The van der Waals surface area contributed by atoms with Crippen LogP contribution in [0.2, 0.25) is 0 Å². The number of thiophene rings is 1. The highest BCUT2D eigenvalue weighted by Crippen LogP contribution is 2.41. The van der Waals surface area contributed by atoms with Gasteiger partial charge in [0.1, 0.15) is 11.5 Å². The summed E-state index contributed by atoms with van der Waals surface area (Å²) in [5.41, 5.74) is 0.528. The van der Waals surface area contributed by atoms with Crippen LogP contribution in [-0.2, 0) is 14.3 Å². The number of likely N-dealkylation sites (tertiary alicyclic amines) is 1. The Balaban J connectivity index is 2.02. The fraction of sp³-hybridized carbons (Fsp3) is 0.391. The van der Waals surface area contributed by atoms with Gasteiger partial charge in [-0.1, -0.05) is 18.2 Å². The largest absolute Gasteiger partial charge is 0.507 e. The van der Waals surface area contributed by atoms with Crippen molar-refractivity contribution in [1.29, 1.82) is 0 Å². The Kier molecular flexibility index (Phi) is 6.95. The van der Waals surface area contributed by atoms with Crippen LogP contribution in [0.3, 0.4) is 0 Å². The minimum atomic E-state index is -0.689. The van der Waals surface area contributed by atoms with E-state index in [-0.39, 0.29) is 30.1 Å². The number of ether oxygens (including phenoxy) is 2. The van der Waals surface area contributed by atoms with Crippen molar-refractivity contribution in [2.24, 2.45) is 0 Å². The second-order valence-electron chi connectivity index (χ2n) is 7.62. The number of carbonyl (C=O) groups is 2. The molecule has 1 aromatic carbocycles. The highest BCUT2D eigenvalue weighted by atomic mass is 32.1. The van der Waals surface area contributed by atoms with Crippen molar-refractivity contribution in [2.45, 2.75) is 45.9 Å². The molecule has 1 N–H and O–H groups in total. The molecule has 1 unspecified atom stereocenters. The van der Waals surface area contributed by atoms with Gasteiger partial charge in [-0.25, -0.2) is 0 Å². The standard InChI is InChI=1S/C23H27NO5S/c1-14(2)28-11-10-24-20(18-9-6-12-30-18)19(22(26)23(24)27)21(25)16-7-5-8-17(13-16)29-15(3)4/h5-9,12-15,20,25H,10-11H2,1-4H3/b21-19-. The molecule has 1 fully saturated rings.